The van der Waals surface area contributed by atoms with Crippen LogP contribution in [0.2, 0.25) is 5.02 Å². The fourth-order valence-corrected chi connectivity index (χ4v) is 3.80. The second-order valence-corrected chi connectivity index (χ2v) is 8.56. The summed E-state index contributed by atoms with van der Waals surface area (Å²) in [6, 6.07) is 22.9. The van der Waals surface area contributed by atoms with Crippen LogP contribution in [0.15, 0.2) is 72.8 Å². The molecule has 1 aromatic heterocycles. The molecule has 0 saturated heterocycles. The quantitative estimate of drug-likeness (QED) is 0.190. The number of carbonyl (C=O) groups is 1. The largest absolute Gasteiger partial charge is 0.477 e. The lowest BCUT2D eigenvalue weighted by Crippen LogP contribution is -2.18. The molecule has 0 bridgehead atoms. The number of halogens is 1. The van der Waals surface area contributed by atoms with Gasteiger partial charge in [-0.2, -0.15) is 4.98 Å². The van der Waals surface area contributed by atoms with E-state index < -0.39 is 12.1 Å². The van der Waals surface area contributed by atoms with Crippen molar-refractivity contribution < 1.29 is 19.0 Å². The molecule has 180 valence electrons. The minimum absolute atomic E-state index is 0.392. The first-order chi connectivity index (χ1) is 17.0. The maximum absolute atomic E-state index is 12.1. The summed E-state index contributed by atoms with van der Waals surface area (Å²) in [5.74, 6) is 0.674. The molecule has 0 amide bonds. The van der Waals surface area contributed by atoms with Crippen LogP contribution in [-0.2, 0) is 14.3 Å². The van der Waals surface area contributed by atoms with E-state index in [4.69, 9.17) is 30.8 Å². The molecule has 0 fully saturated rings. The molecule has 7 heteroatoms. The van der Waals surface area contributed by atoms with Crippen molar-refractivity contribution in [3.05, 3.63) is 88.9 Å². The fourth-order valence-electron chi connectivity index (χ4n) is 3.62. The third kappa shape index (κ3) is 6.35. The van der Waals surface area contributed by atoms with Crippen molar-refractivity contribution in [1.82, 2.24) is 9.97 Å². The van der Waals surface area contributed by atoms with E-state index in [1.54, 1.807) is 6.07 Å². The lowest BCUT2D eigenvalue weighted by atomic mass is 10.1. The average Bonchev–Trinajstić information content (AvgIpc) is 2.88. The van der Waals surface area contributed by atoms with Gasteiger partial charge in [0.15, 0.2) is 11.9 Å². The number of unbranched alkanes of at least 4 members (excludes halogenated alkanes) is 1. The molecule has 1 atom stereocenters. The van der Waals surface area contributed by atoms with E-state index in [1.807, 2.05) is 73.7 Å². The Labute approximate surface area is 209 Å². The summed E-state index contributed by atoms with van der Waals surface area (Å²) >= 11 is 6.22. The summed E-state index contributed by atoms with van der Waals surface area (Å²) in [6.07, 6.45) is 0.677. The maximum atomic E-state index is 12.1. The monoisotopic (exact) mass is 490 g/mol. The van der Waals surface area contributed by atoms with Gasteiger partial charge in [-0.25, -0.2) is 9.78 Å². The van der Waals surface area contributed by atoms with Gasteiger partial charge < -0.3 is 14.2 Å². The lowest BCUT2D eigenvalue weighted by molar-refractivity contribution is -0.154. The van der Waals surface area contributed by atoms with E-state index in [1.165, 1.54) is 12.7 Å². The van der Waals surface area contributed by atoms with Crippen LogP contribution in [0.25, 0.3) is 22.3 Å². The van der Waals surface area contributed by atoms with Gasteiger partial charge >= 0.3 is 5.97 Å². The third-order valence-electron chi connectivity index (χ3n) is 5.51. The molecule has 6 nitrogen and oxygen atoms in total. The Balaban J connectivity index is 1.40. The van der Waals surface area contributed by atoms with Crippen LogP contribution >= 0.6 is 11.6 Å². The summed E-state index contributed by atoms with van der Waals surface area (Å²) in [7, 11) is 1.36. The van der Waals surface area contributed by atoms with Gasteiger partial charge in [0.25, 0.3) is 0 Å². The van der Waals surface area contributed by atoms with Crippen LogP contribution < -0.4 is 4.74 Å². The Kier molecular flexibility index (Phi) is 8.29. The summed E-state index contributed by atoms with van der Waals surface area (Å²) in [6.45, 7) is 2.87. The number of methoxy groups -OCH3 is 1. The van der Waals surface area contributed by atoms with E-state index in [0.717, 1.165) is 22.0 Å². The predicted octanol–water partition coefficient (Wildman–Crippen LogP) is 6.35. The standard InChI is InChI=1S/C28H27ClN2O4/c1-19-10-12-21(13-11-19)26-30-24-15-14-22(29)18-23(24)27(31-26)35-17-7-6-16-34-25(28(32)33-2)20-8-4-3-5-9-20/h3-5,8-15,18,25H,6-7,16-17H2,1-2H3. The zero-order chi connectivity index (χ0) is 24.6. The van der Waals surface area contributed by atoms with Crippen molar-refractivity contribution in [2.45, 2.75) is 25.9 Å². The highest BCUT2D eigenvalue weighted by molar-refractivity contribution is 6.31. The highest BCUT2D eigenvalue weighted by atomic mass is 35.5. The summed E-state index contributed by atoms with van der Waals surface area (Å²) in [4.78, 5) is 21.5. The predicted molar refractivity (Wildman–Crippen MR) is 137 cm³/mol. The topological polar surface area (TPSA) is 70.5 Å². The van der Waals surface area contributed by atoms with Crippen molar-refractivity contribution >= 4 is 28.5 Å². The SMILES string of the molecule is COC(=O)C(OCCCCOc1nc(-c2ccc(C)cc2)nc2ccc(Cl)cc12)c1ccccc1. The Morgan fingerprint density at radius 3 is 2.43 bits per heavy atom. The molecule has 0 aliphatic carbocycles. The van der Waals surface area contributed by atoms with Crippen LogP contribution in [0.5, 0.6) is 5.88 Å². The maximum Gasteiger partial charge on any atom is 0.339 e. The molecule has 0 radical (unpaired) electrons. The van der Waals surface area contributed by atoms with Gasteiger partial charge in [-0.15, -0.1) is 0 Å². The van der Waals surface area contributed by atoms with Crippen LogP contribution in [0.4, 0.5) is 0 Å². The van der Waals surface area contributed by atoms with Gasteiger partial charge in [-0.3, -0.25) is 0 Å². The van der Waals surface area contributed by atoms with Crippen LogP contribution in [0.3, 0.4) is 0 Å². The molecule has 3 aromatic carbocycles. The highest BCUT2D eigenvalue weighted by Gasteiger charge is 2.21. The van der Waals surface area contributed by atoms with Gasteiger partial charge in [0.2, 0.25) is 5.88 Å². The van der Waals surface area contributed by atoms with Crippen molar-refractivity contribution in [3.63, 3.8) is 0 Å². The number of ether oxygens (including phenoxy) is 3. The van der Waals surface area contributed by atoms with Crippen molar-refractivity contribution in [1.29, 1.82) is 0 Å². The molecular formula is C28H27ClN2O4. The second kappa shape index (κ2) is 11.8. The number of aryl methyl sites for hydroxylation is 1. The number of hydrogen-bond donors (Lipinski definition) is 0. The van der Waals surface area contributed by atoms with Gasteiger partial charge in [-0.1, -0.05) is 71.8 Å². The molecular weight excluding hydrogens is 464 g/mol. The van der Waals surface area contributed by atoms with Crippen molar-refractivity contribution in [2.24, 2.45) is 0 Å². The molecule has 0 spiro atoms. The van der Waals surface area contributed by atoms with E-state index >= 15 is 0 Å². The number of benzene rings is 3. The normalized spacial score (nSPS) is 11.9. The third-order valence-corrected chi connectivity index (χ3v) is 5.75. The Bertz CT molecular complexity index is 1280. The first-order valence-corrected chi connectivity index (χ1v) is 11.8. The van der Waals surface area contributed by atoms with Crippen LogP contribution in [-0.4, -0.2) is 36.3 Å². The van der Waals surface area contributed by atoms with E-state index in [2.05, 4.69) is 4.98 Å². The Morgan fingerprint density at radius 2 is 1.69 bits per heavy atom. The Hall–Kier alpha value is -3.48. The first-order valence-electron chi connectivity index (χ1n) is 11.5. The molecule has 0 saturated carbocycles. The number of rotatable bonds is 10. The molecule has 0 N–H and O–H groups in total. The molecule has 1 heterocycles. The Morgan fingerprint density at radius 1 is 0.943 bits per heavy atom. The van der Waals surface area contributed by atoms with Crippen molar-refractivity contribution in [2.75, 3.05) is 20.3 Å². The van der Waals surface area contributed by atoms with Crippen LogP contribution in [0.1, 0.15) is 30.1 Å². The van der Waals surface area contributed by atoms with E-state index in [0.29, 0.717) is 42.8 Å². The number of nitrogens with zero attached hydrogens (tertiary/aromatic N) is 2. The molecule has 35 heavy (non-hydrogen) atoms. The zero-order valence-electron chi connectivity index (χ0n) is 19.7. The average molecular weight is 491 g/mol. The molecule has 0 aliphatic heterocycles. The first kappa shape index (κ1) is 24.6. The lowest BCUT2D eigenvalue weighted by Gasteiger charge is -2.16. The summed E-state index contributed by atoms with van der Waals surface area (Å²) < 4.78 is 16.8. The minimum Gasteiger partial charge on any atom is -0.477 e. The molecule has 4 rings (SSSR count). The zero-order valence-corrected chi connectivity index (χ0v) is 20.5. The molecule has 0 aliphatic rings. The fraction of sp³-hybridized carbons (Fsp3) is 0.250. The number of fused-ring (bicyclic) bond motifs is 1. The van der Waals surface area contributed by atoms with Crippen LogP contribution in [0, 0.1) is 6.92 Å². The summed E-state index contributed by atoms with van der Waals surface area (Å²) in [5.41, 5.74) is 3.62. The number of carbonyl (C=O) groups excluding carboxylic acids is 1. The van der Waals surface area contributed by atoms with Gasteiger partial charge in [-0.05, 0) is 43.5 Å². The molecule has 1 unspecified atom stereocenters. The van der Waals surface area contributed by atoms with E-state index in [-0.39, 0.29) is 0 Å². The van der Waals surface area contributed by atoms with Crippen molar-refractivity contribution in [3.8, 4) is 17.3 Å². The number of hydrogen-bond acceptors (Lipinski definition) is 6. The highest BCUT2D eigenvalue weighted by Crippen LogP contribution is 2.29. The van der Waals surface area contributed by atoms with E-state index in [9.17, 15) is 4.79 Å². The van der Waals surface area contributed by atoms with Gasteiger partial charge in [0.05, 0.1) is 24.6 Å². The number of aromatic nitrogens is 2. The smallest absolute Gasteiger partial charge is 0.339 e. The summed E-state index contributed by atoms with van der Waals surface area (Å²) in [5, 5.41) is 1.36. The van der Waals surface area contributed by atoms with Gasteiger partial charge in [0, 0.05) is 17.2 Å². The number of esters is 1. The van der Waals surface area contributed by atoms with Gasteiger partial charge in [0.1, 0.15) is 0 Å². The second-order valence-electron chi connectivity index (χ2n) is 8.12. The molecule has 4 aromatic rings. The minimum atomic E-state index is -0.743.